The Balaban J connectivity index is 1.86. The van der Waals surface area contributed by atoms with Crippen molar-refractivity contribution in [2.24, 2.45) is 0 Å². The van der Waals surface area contributed by atoms with Crippen molar-refractivity contribution in [2.45, 2.75) is 32.5 Å². The normalized spacial score (nSPS) is 12.6. The molecular formula is C30H25F5N4O4S. The van der Waals surface area contributed by atoms with Crippen LogP contribution in [0.5, 0.6) is 0 Å². The fourth-order valence-electron chi connectivity index (χ4n) is 4.65. The number of carbonyl (C=O) groups is 1. The lowest BCUT2D eigenvalue weighted by Gasteiger charge is -2.30. The molecule has 0 radical (unpaired) electrons. The van der Waals surface area contributed by atoms with Gasteiger partial charge in [-0.05, 0) is 54.4 Å². The maximum atomic E-state index is 14.1. The summed E-state index contributed by atoms with van der Waals surface area (Å²) in [6.07, 6.45) is -4.74. The van der Waals surface area contributed by atoms with Crippen molar-refractivity contribution >= 4 is 21.4 Å². The minimum atomic E-state index is -5.02. The van der Waals surface area contributed by atoms with Gasteiger partial charge in [0.1, 0.15) is 17.3 Å². The molecule has 0 fully saturated rings. The summed E-state index contributed by atoms with van der Waals surface area (Å²) in [6.45, 7) is 2.48. The molecule has 0 spiro atoms. The first kappa shape index (κ1) is 32.3. The average Bonchev–Trinajstić information content (AvgIpc) is 2.97. The fourth-order valence-corrected chi connectivity index (χ4v) is 5.42. The SMILES string of the molecule is CCS(=O)(=O)CCN(C(=O)Cc1ccc(F)c(C(F)(F)F)c1)[C@H](C)c1nc2ccc(F)cn2c(=O)c1-c1ccc(C#N)cc1. The molecule has 0 unspecified atom stereocenters. The number of fused-ring (bicyclic) bond motifs is 1. The van der Waals surface area contributed by atoms with Crippen LogP contribution in [0.4, 0.5) is 22.0 Å². The first-order valence-corrected chi connectivity index (χ1v) is 15.0. The molecule has 0 N–H and O–H groups in total. The highest BCUT2D eigenvalue weighted by molar-refractivity contribution is 7.91. The second-order valence-corrected chi connectivity index (χ2v) is 12.4. The minimum Gasteiger partial charge on any atom is -0.333 e. The van der Waals surface area contributed by atoms with Gasteiger partial charge in [-0.2, -0.15) is 18.4 Å². The van der Waals surface area contributed by atoms with Gasteiger partial charge in [-0.15, -0.1) is 0 Å². The number of nitriles is 1. The van der Waals surface area contributed by atoms with Gasteiger partial charge < -0.3 is 4.90 Å². The quantitative estimate of drug-likeness (QED) is 0.238. The molecule has 0 aliphatic rings. The second-order valence-electron chi connectivity index (χ2n) is 9.93. The van der Waals surface area contributed by atoms with Crippen molar-refractivity contribution < 1.29 is 35.2 Å². The number of sulfone groups is 1. The molecule has 4 rings (SSSR count). The van der Waals surface area contributed by atoms with Crippen LogP contribution >= 0.6 is 0 Å². The number of rotatable bonds is 9. The van der Waals surface area contributed by atoms with E-state index in [-0.39, 0.29) is 39.3 Å². The molecule has 1 amide bonds. The van der Waals surface area contributed by atoms with E-state index in [1.807, 2.05) is 6.07 Å². The lowest BCUT2D eigenvalue weighted by atomic mass is 9.99. The van der Waals surface area contributed by atoms with Crippen LogP contribution in [-0.2, 0) is 27.2 Å². The van der Waals surface area contributed by atoms with Crippen molar-refractivity contribution in [3.05, 3.63) is 105 Å². The number of hydrogen-bond acceptors (Lipinski definition) is 6. The van der Waals surface area contributed by atoms with Crippen LogP contribution in [0.1, 0.15) is 42.3 Å². The monoisotopic (exact) mass is 632 g/mol. The van der Waals surface area contributed by atoms with Crippen LogP contribution < -0.4 is 5.56 Å². The van der Waals surface area contributed by atoms with Crippen molar-refractivity contribution in [3.8, 4) is 17.2 Å². The molecule has 0 aliphatic heterocycles. The number of pyridine rings is 1. The van der Waals surface area contributed by atoms with E-state index in [0.29, 0.717) is 12.1 Å². The first-order chi connectivity index (χ1) is 20.6. The Bertz CT molecular complexity index is 1930. The van der Waals surface area contributed by atoms with E-state index in [9.17, 15) is 45.2 Å². The zero-order valence-corrected chi connectivity index (χ0v) is 24.2. The summed E-state index contributed by atoms with van der Waals surface area (Å²) < 4.78 is 93.7. The maximum Gasteiger partial charge on any atom is 0.419 e. The van der Waals surface area contributed by atoms with Gasteiger partial charge in [-0.1, -0.05) is 25.1 Å². The van der Waals surface area contributed by atoms with Gasteiger partial charge in [0.2, 0.25) is 5.91 Å². The van der Waals surface area contributed by atoms with Gasteiger partial charge in [0.05, 0.1) is 46.7 Å². The summed E-state index contributed by atoms with van der Waals surface area (Å²) in [5.41, 5.74) is -1.96. The van der Waals surface area contributed by atoms with E-state index in [1.54, 1.807) is 0 Å². The van der Waals surface area contributed by atoms with Crippen LogP contribution in [0.15, 0.2) is 65.6 Å². The largest absolute Gasteiger partial charge is 0.419 e. The first-order valence-electron chi connectivity index (χ1n) is 13.2. The Morgan fingerprint density at radius 2 is 1.77 bits per heavy atom. The third kappa shape index (κ3) is 6.94. The number of aromatic nitrogens is 2. The molecule has 44 heavy (non-hydrogen) atoms. The van der Waals surface area contributed by atoms with E-state index in [2.05, 4.69) is 4.98 Å². The van der Waals surface area contributed by atoms with Crippen LogP contribution in [0.3, 0.4) is 0 Å². The van der Waals surface area contributed by atoms with E-state index < -0.39 is 69.4 Å². The van der Waals surface area contributed by atoms with Crippen LogP contribution in [0.2, 0.25) is 0 Å². The number of nitrogens with zero attached hydrogens (tertiary/aromatic N) is 4. The highest BCUT2D eigenvalue weighted by Crippen LogP contribution is 2.33. The zero-order valence-electron chi connectivity index (χ0n) is 23.4. The Labute approximate surface area is 248 Å². The van der Waals surface area contributed by atoms with Gasteiger partial charge in [-0.25, -0.2) is 22.2 Å². The lowest BCUT2D eigenvalue weighted by Crippen LogP contribution is -2.39. The molecule has 2 aromatic heterocycles. The molecule has 2 aromatic carbocycles. The second kappa shape index (κ2) is 12.5. The molecule has 0 saturated carbocycles. The summed E-state index contributed by atoms with van der Waals surface area (Å²) in [5.74, 6) is -3.80. The predicted molar refractivity (Wildman–Crippen MR) is 151 cm³/mol. The van der Waals surface area contributed by atoms with Crippen molar-refractivity contribution in [1.29, 1.82) is 5.26 Å². The van der Waals surface area contributed by atoms with Crippen LogP contribution in [-0.4, -0.2) is 46.7 Å². The molecule has 0 saturated heterocycles. The van der Waals surface area contributed by atoms with Gasteiger partial charge in [-0.3, -0.25) is 14.0 Å². The third-order valence-electron chi connectivity index (χ3n) is 7.08. The number of carbonyl (C=O) groups excluding carboxylic acids is 1. The maximum absolute atomic E-state index is 14.1. The summed E-state index contributed by atoms with van der Waals surface area (Å²) >= 11 is 0. The Morgan fingerprint density at radius 1 is 1.09 bits per heavy atom. The van der Waals surface area contributed by atoms with Crippen molar-refractivity contribution in [1.82, 2.24) is 14.3 Å². The number of amides is 1. The molecular weight excluding hydrogens is 607 g/mol. The standard InChI is InChI=1S/C30H25F5N4O4S/c1-3-44(42,43)13-12-38(26(40)15-20-6-10-24(32)23(14-20)30(33,34)35)18(2)28-27(21-7-4-19(16-36)5-8-21)29(41)39-17-22(31)9-11-25(39)37-28/h4-11,14,17-18H,3,12-13,15H2,1-2H3/t18-/m1/s1. The molecule has 0 bridgehead atoms. The van der Waals surface area contributed by atoms with E-state index >= 15 is 0 Å². The Kier molecular flexibility index (Phi) is 9.19. The number of hydrogen-bond donors (Lipinski definition) is 0. The highest BCUT2D eigenvalue weighted by Gasteiger charge is 2.35. The van der Waals surface area contributed by atoms with E-state index in [0.717, 1.165) is 27.6 Å². The molecule has 2 heterocycles. The van der Waals surface area contributed by atoms with Gasteiger partial charge >= 0.3 is 6.18 Å². The summed E-state index contributed by atoms with van der Waals surface area (Å²) in [5, 5.41) is 9.20. The van der Waals surface area contributed by atoms with Crippen LogP contribution in [0, 0.1) is 23.0 Å². The molecule has 4 aromatic rings. The Morgan fingerprint density at radius 3 is 2.39 bits per heavy atom. The van der Waals surface area contributed by atoms with E-state index in [4.69, 9.17) is 0 Å². The topological polar surface area (TPSA) is 113 Å². The molecule has 14 heteroatoms. The lowest BCUT2D eigenvalue weighted by molar-refractivity contribution is -0.140. The van der Waals surface area contributed by atoms with Crippen molar-refractivity contribution in [3.63, 3.8) is 0 Å². The number of benzene rings is 2. The molecule has 8 nitrogen and oxygen atoms in total. The van der Waals surface area contributed by atoms with Crippen molar-refractivity contribution in [2.75, 3.05) is 18.1 Å². The number of halogens is 5. The molecule has 1 atom stereocenters. The zero-order chi connectivity index (χ0) is 32.4. The summed E-state index contributed by atoms with van der Waals surface area (Å²) in [7, 11) is -3.64. The van der Waals surface area contributed by atoms with Gasteiger partial charge in [0.25, 0.3) is 5.56 Å². The molecule has 0 aliphatic carbocycles. The molecule has 230 valence electrons. The number of alkyl halides is 3. The van der Waals surface area contributed by atoms with E-state index in [1.165, 1.54) is 44.2 Å². The Hall–Kier alpha value is -4.64. The highest BCUT2D eigenvalue weighted by atomic mass is 32.2. The minimum absolute atomic E-state index is 0.00338. The van der Waals surface area contributed by atoms with Gasteiger partial charge in [0, 0.05) is 18.5 Å². The summed E-state index contributed by atoms with van der Waals surface area (Å²) in [6, 6.07) is 11.1. The fraction of sp³-hybridized carbons (Fsp3) is 0.267. The van der Waals surface area contributed by atoms with Crippen LogP contribution in [0.25, 0.3) is 16.8 Å². The third-order valence-corrected chi connectivity index (χ3v) is 8.76. The predicted octanol–water partition coefficient (Wildman–Crippen LogP) is 5.10. The average molecular weight is 633 g/mol. The smallest absolute Gasteiger partial charge is 0.333 e. The van der Waals surface area contributed by atoms with Gasteiger partial charge in [0.15, 0.2) is 9.84 Å². The summed E-state index contributed by atoms with van der Waals surface area (Å²) in [4.78, 5) is 33.0.